The van der Waals surface area contributed by atoms with Gasteiger partial charge in [0.05, 0.1) is 11.3 Å². The number of carbonyl (C=O) groups excluding carboxylic acids is 1. The summed E-state index contributed by atoms with van der Waals surface area (Å²) >= 11 is 0. The van der Waals surface area contributed by atoms with E-state index in [2.05, 4.69) is 0 Å². The van der Waals surface area contributed by atoms with Crippen molar-refractivity contribution in [3.8, 4) is 0 Å². The number of carbonyl (C=O) groups is 2. The molecular weight excluding hydrogens is 220 g/mol. The van der Waals surface area contributed by atoms with Crippen molar-refractivity contribution in [2.45, 2.75) is 6.92 Å². The number of anilines is 1. The molecule has 0 bridgehead atoms. The van der Waals surface area contributed by atoms with Gasteiger partial charge in [-0.05, 0) is 12.1 Å². The van der Waals surface area contributed by atoms with Crippen molar-refractivity contribution in [1.29, 1.82) is 0 Å². The van der Waals surface area contributed by atoms with Gasteiger partial charge in [0.1, 0.15) is 0 Å². The molecule has 1 amide bonds. The average Bonchev–Trinajstić information content (AvgIpc) is 2.35. The zero-order valence-electron chi connectivity index (χ0n) is 9.88. The highest BCUT2D eigenvalue weighted by molar-refractivity contribution is 6.02. The number of benzene rings is 1. The molecule has 0 aliphatic carbocycles. The van der Waals surface area contributed by atoms with Gasteiger partial charge in [0, 0.05) is 19.5 Å². The first-order chi connectivity index (χ1) is 7.99. The Balaban J connectivity index is 3.08. The molecule has 5 heteroatoms. The Morgan fingerprint density at radius 2 is 2.00 bits per heavy atom. The minimum atomic E-state index is -1.05. The lowest BCUT2D eigenvalue weighted by atomic mass is 10.1. The van der Waals surface area contributed by atoms with Crippen LogP contribution in [0.15, 0.2) is 24.3 Å². The number of hydrogen-bond acceptors (Lipinski definition) is 3. The van der Waals surface area contributed by atoms with Gasteiger partial charge in [-0.3, -0.25) is 4.79 Å². The molecule has 0 aliphatic heterocycles. The maximum Gasteiger partial charge on any atom is 0.337 e. The Morgan fingerprint density at radius 3 is 2.53 bits per heavy atom. The van der Waals surface area contributed by atoms with Crippen LogP contribution >= 0.6 is 0 Å². The molecule has 92 valence electrons. The predicted molar refractivity (Wildman–Crippen MR) is 65.0 cm³/mol. The van der Waals surface area contributed by atoms with Gasteiger partial charge in [0.25, 0.3) is 0 Å². The van der Waals surface area contributed by atoms with Crippen molar-refractivity contribution in [3.63, 3.8) is 0 Å². The van der Waals surface area contributed by atoms with E-state index in [1.807, 2.05) is 0 Å². The van der Waals surface area contributed by atoms with Gasteiger partial charge in [-0.15, -0.1) is 0 Å². The van der Waals surface area contributed by atoms with Crippen LogP contribution in [0.1, 0.15) is 17.3 Å². The van der Waals surface area contributed by atoms with E-state index in [-0.39, 0.29) is 23.9 Å². The standard InChI is InChI=1S/C12H16N2O3/c1-8(7-13)11(15)14(2)10-6-4-3-5-9(10)12(16)17/h3-6,8H,7,13H2,1-2H3,(H,16,17). The summed E-state index contributed by atoms with van der Waals surface area (Å²) in [5.41, 5.74) is 5.91. The van der Waals surface area contributed by atoms with Crippen molar-refractivity contribution in [3.05, 3.63) is 29.8 Å². The van der Waals surface area contributed by atoms with Gasteiger partial charge >= 0.3 is 5.97 Å². The first-order valence-electron chi connectivity index (χ1n) is 5.29. The molecule has 5 nitrogen and oxygen atoms in total. The van der Waals surface area contributed by atoms with Crippen molar-refractivity contribution in [1.82, 2.24) is 0 Å². The number of para-hydroxylation sites is 1. The van der Waals surface area contributed by atoms with E-state index >= 15 is 0 Å². The van der Waals surface area contributed by atoms with Crippen LogP contribution in [0.2, 0.25) is 0 Å². The number of carboxylic acid groups (broad SMARTS) is 1. The van der Waals surface area contributed by atoms with Crippen LogP contribution in [0.3, 0.4) is 0 Å². The summed E-state index contributed by atoms with van der Waals surface area (Å²) in [7, 11) is 1.55. The van der Waals surface area contributed by atoms with Crippen LogP contribution < -0.4 is 10.6 Å². The second-order valence-corrected chi connectivity index (χ2v) is 3.86. The highest BCUT2D eigenvalue weighted by Gasteiger charge is 2.21. The summed E-state index contributed by atoms with van der Waals surface area (Å²) in [5.74, 6) is -1.58. The molecule has 1 rings (SSSR count). The monoisotopic (exact) mass is 236 g/mol. The maximum absolute atomic E-state index is 11.9. The van der Waals surface area contributed by atoms with Crippen LogP contribution in [0.4, 0.5) is 5.69 Å². The van der Waals surface area contributed by atoms with E-state index in [4.69, 9.17) is 10.8 Å². The Morgan fingerprint density at radius 1 is 1.41 bits per heavy atom. The topological polar surface area (TPSA) is 83.6 Å². The average molecular weight is 236 g/mol. The molecule has 0 heterocycles. The number of carboxylic acids is 1. The molecule has 0 saturated carbocycles. The molecule has 1 unspecified atom stereocenters. The molecule has 17 heavy (non-hydrogen) atoms. The predicted octanol–water partition coefficient (Wildman–Crippen LogP) is 0.942. The zero-order valence-corrected chi connectivity index (χ0v) is 9.88. The second-order valence-electron chi connectivity index (χ2n) is 3.86. The van der Waals surface area contributed by atoms with Crippen molar-refractivity contribution < 1.29 is 14.7 Å². The van der Waals surface area contributed by atoms with E-state index in [1.165, 1.54) is 11.0 Å². The van der Waals surface area contributed by atoms with E-state index in [0.29, 0.717) is 5.69 Å². The Kier molecular flexibility index (Phi) is 4.23. The summed E-state index contributed by atoms with van der Waals surface area (Å²) in [4.78, 5) is 24.3. The third-order valence-corrected chi connectivity index (χ3v) is 2.60. The minimum absolute atomic E-state index is 0.104. The van der Waals surface area contributed by atoms with Crippen LogP contribution in [0.5, 0.6) is 0 Å². The van der Waals surface area contributed by atoms with E-state index in [0.717, 1.165) is 0 Å². The largest absolute Gasteiger partial charge is 0.478 e. The lowest BCUT2D eigenvalue weighted by Gasteiger charge is -2.22. The summed E-state index contributed by atoms with van der Waals surface area (Å²) < 4.78 is 0. The Bertz CT molecular complexity index is 432. The summed E-state index contributed by atoms with van der Waals surface area (Å²) in [6, 6.07) is 6.38. The molecule has 0 saturated heterocycles. The van der Waals surface area contributed by atoms with Crippen molar-refractivity contribution in [2.24, 2.45) is 11.7 Å². The highest BCUT2D eigenvalue weighted by atomic mass is 16.4. The van der Waals surface area contributed by atoms with Gasteiger partial charge in [-0.25, -0.2) is 4.79 Å². The molecule has 1 aromatic rings. The molecule has 1 atom stereocenters. The van der Waals surface area contributed by atoms with E-state index in [9.17, 15) is 9.59 Å². The molecule has 3 N–H and O–H groups in total. The van der Waals surface area contributed by atoms with Gasteiger partial charge < -0.3 is 15.7 Å². The molecular formula is C12H16N2O3. The van der Waals surface area contributed by atoms with E-state index in [1.54, 1.807) is 32.2 Å². The third kappa shape index (κ3) is 2.82. The van der Waals surface area contributed by atoms with Gasteiger partial charge in [0.2, 0.25) is 5.91 Å². The highest BCUT2D eigenvalue weighted by Crippen LogP contribution is 2.20. The van der Waals surface area contributed by atoms with Gasteiger partial charge in [-0.2, -0.15) is 0 Å². The van der Waals surface area contributed by atoms with Crippen molar-refractivity contribution in [2.75, 3.05) is 18.5 Å². The Hall–Kier alpha value is -1.88. The number of nitrogens with two attached hydrogens (primary N) is 1. The quantitative estimate of drug-likeness (QED) is 0.815. The first kappa shape index (κ1) is 13.2. The molecule has 0 spiro atoms. The first-order valence-corrected chi connectivity index (χ1v) is 5.29. The van der Waals surface area contributed by atoms with Crippen LogP contribution in [0, 0.1) is 5.92 Å². The normalized spacial score (nSPS) is 11.9. The van der Waals surface area contributed by atoms with Crippen LogP contribution in [-0.4, -0.2) is 30.6 Å². The zero-order chi connectivity index (χ0) is 13.0. The minimum Gasteiger partial charge on any atom is -0.478 e. The van der Waals surface area contributed by atoms with Crippen molar-refractivity contribution >= 4 is 17.6 Å². The SMILES string of the molecule is CC(CN)C(=O)N(C)c1ccccc1C(=O)O. The van der Waals surface area contributed by atoms with E-state index < -0.39 is 5.97 Å². The fourth-order valence-corrected chi connectivity index (χ4v) is 1.50. The molecule has 0 aliphatic rings. The summed E-state index contributed by atoms with van der Waals surface area (Å²) in [5, 5.41) is 9.03. The second kappa shape index (κ2) is 5.45. The lowest BCUT2D eigenvalue weighted by molar-refractivity contribution is -0.121. The fraction of sp³-hybridized carbons (Fsp3) is 0.333. The molecule has 0 aromatic heterocycles. The smallest absolute Gasteiger partial charge is 0.337 e. The maximum atomic E-state index is 11.9. The fourth-order valence-electron chi connectivity index (χ4n) is 1.50. The summed E-state index contributed by atoms with van der Waals surface area (Å²) in [6.07, 6.45) is 0. The number of aromatic carboxylic acids is 1. The molecule has 1 aromatic carbocycles. The third-order valence-electron chi connectivity index (χ3n) is 2.60. The number of rotatable bonds is 4. The molecule has 0 fully saturated rings. The number of hydrogen-bond donors (Lipinski definition) is 2. The number of amides is 1. The molecule has 0 radical (unpaired) electrons. The van der Waals surface area contributed by atoms with Gasteiger partial charge in [0.15, 0.2) is 0 Å². The van der Waals surface area contributed by atoms with Gasteiger partial charge in [-0.1, -0.05) is 19.1 Å². The van der Waals surface area contributed by atoms with Crippen LogP contribution in [0.25, 0.3) is 0 Å². The summed E-state index contributed by atoms with van der Waals surface area (Å²) in [6.45, 7) is 1.95. The van der Waals surface area contributed by atoms with Crippen LogP contribution in [-0.2, 0) is 4.79 Å². The number of nitrogens with zero attached hydrogens (tertiary/aromatic N) is 1. The lowest BCUT2D eigenvalue weighted by Crippen LogP contribution is -2.35. The Labute approximate surface area is 99.8 Å².